The van der Waals surface area contributed by atoms with Crippen molar-refractivity contribution in [3.63, 3.8) is 0 Å². The number of aryl methyl sites for hydroxylation is 1. The van der Waals surface area contributed by atoms with Crippen molar-refractivity contribution in [1.29, 1.82) is 0 Å². The summed E-state index contributed by atoms with van der Waals surface area (Å²) in [5.41, 5.74) is 1.67. The van der Waals surface area contributed by atoms with Gasteiger partial charge in [0.1, 0.15) is 18.0 Å². The number of rotatable bonds is 9. The lowest BCUT2D eigenvalue weighted by Gasteiger charge is -2.24. The topological polar surface area (TPSA) is 84.9 Å². The minimum Gasteiger partial charge on any atom is -0.495 e. The first-order valence-corrected chi connectivity index (χ1v) is 12.0. The number of halogens is 1. The zero-order valence-corrected chi connectivity index (χ0v) is 20.1. The molecule has 0 aliphatic carbocycles. The van der Waals surface area contributed by atoms with Crippen molar-refractivity contribution >= 4 is 38.9 Å². The SMILES string of the molecule is CCOc1ccc(NC(=O)CN(c2ccc(OC)c(Cl)c2)S(=O)(=O)c2ccc(C)cc2)cc1. The molecule has 0 aliphatic rings. The van der Waals surface area contributed by atoms with E-state index in [-0.39, 0.29) is 15.6 Å². The van der Waals surface area contributed by atoms with Crippen LogP contribution in [0, 0.1) is 6.92 Å². The highest BCUT2D eigenvalue weighted by Crippen LogP contribution is 2.32. The fraction of sp³-hybridized carbons (Fsp3) is 0.208. The van der Waals surface area contributed by atoms with Crippen LogP contribution in [0.15, 0.2) is 71.6 Å². The Labute approximate surface area is 198 Å². The van der Waals surface area contributed by atoms with Crippen LogP contribution in [0.5, 0.6) is 11.5 Å². The Morgan fingerprint density at radius 1 is 1.03 bits per heavy atom. The van der Waals surface area contributed by atoms with Gasteiger partial charge in [0, 0.05) is 5.69 Å². The summed E-state index contributed by atoms with van der Waals surface area (Å²) in [7, 11) is -2.59. The van der Waals surface area contributed by atoms with Gasteiger partial charge < -0.3 is 14.8 Å². The number of sulfonamides is 1. The highest BCUT2D eigenvalue weighted by molar-refractivity contribution is 7.92. The van der Waals surface area contributed by atoms with Gasteiger partial charge >= 0.3 is 0 Å². The summed E-state index contributed by atoms with van der Waals surface area (Å²) >= 11 is 6.24. The van der Waals surface area contributed by atoms with Gasteiger partial charge in [-0.3, -0.25) is 9.10 Å². The number of hydrogen-bond donors (Lipinski definition) is 1. The molecule has 3 aromatic rings. The molecule has 3 rings (SSSR count). The van der Waals surface area contributed by atoms with Crippen LogP contribution >= 0.6 is 11.6 Å². The first-order valence-electron chi connectivity index (χ1n) is 10.2. The Hall–Kier alpha value is -3.23. The second-order valence-electron chi connectivity index (χ2n) is 7.15. The quantitative estimate of drug-likeness (QED) is 0.463. The van der Waals surface area contributed by atoms with Crippen LogP contribution in [0.1, 0.15) is 12.5 Å². The third kappa shape index (κ3) is 5.97. The molecule has 0 saturated heterocycles. The van der Waals surface area contributed by atoms with Gasteiger partial charge in [0.2, 0.25) is 5.91 Å². The average Bonchev–Trinajstić information content (AvgIpc) is 2.79. The number of ether oxygens (including phenoxy) is 2. The van der Waals surface area contributed by atoms with E-state index in [0.717, 1.165) is 9.87 Å². The number of carbonyl (C=O) groups is 1. The van der Waals surface area contributed by atoms with Crippen LogP contribution in [-0.2, 0) is 14.8 Å². The van der Waals surface area contributed by atoms with E-state index in [9.17, 15) is 13.2 Å². The lowest BCUT2D eigenvalue weighted by Crippen LogP contribution is -2.38. The van der Waals surface area contributed by atoms with E-state index in [0.29, 0.717) is 23.8 Å². The van der Waals surface area contributed by atoms with E-state index in [4.69, 9.17) is 21.1 Å². The molecule has 0 spiro atoms. The lowest BCUT2D eigenvalue weighted by atomic mass is 10.2. The molecule has 9 heteroatoms. The summed E-state index contributed by atoms with van der Waals surface area (Å²) in [6.45, 7) is 3.82. The number of nitrogens with one attached hydrogen (secondary N) is 1. The van der Waals surface area contributed by atoms with Crippen molar-refractivity contribution in [2.75, 3.05) is 29.9 Å². The van der Waals surface area contributed by atoms with Gasteiger partial charge in [-0.15, -0.1) is 0 Å². The molecule has 7 nitrogen and oxygen atoms in total. The summed E-state index contributed by atoms with van der Waals surface area (Å²) in [5, 5.41) is 2.95. The first kappa shape index (κ1) is 24.4. The predicted molar refractivity (Wildman–Crippen MR) is 130 cm³/mol. The zero-order chi connectivity index (χ0) is 24.0. The molecular weight excluding hydrogens is 464 g/mol. The smallest absolute Gasteiger partial charge is 0.264 e. The monoisotopic (exact) mass is 488 g/mol. The molecule has 174 valence electrons. The average molecular weight is 489 g/mol. The minimum absolute atomic E-state index is 0.0638. The van der Waals surface area contributed by atoms with Gasteiger partial charge in [0.25, 0.3) is 10.0 Å². The standard InChI is InChI=1S/C24H25ClN2O5S/c1-4-32-20-10-7-18(8-11-20)26-24(28)16-27(19-9-14-23(31-3)22(25)15-19)33(29,30)21-12-5-17(2)6-13-21/h5-15H,4,16H2,1-3H3,(H,26,28). The number of benzene rings is 3. The zero-order valence-electron chi connectivity index (χ0n) is 18.5. The third-order valence-corrected chi connectivity index (χ3v) is 6.85. The highest BCUT2D eigenvalue weighted by atomic mass is 35.5. The van der Waals surface area contributed by atoms with Gasteiger partial charge in [-0.25, -0.2) is 8.42 Å². The van der Waals surface area contributed by atoms with Crippen molar-refractivity contribution in [2.45, 2.75) is 18.7 Å². The van der Waals surface area contributed by atoms with Crippen molar-refractivity contribution in [1.82, 2.24) is 0 Å². The second-order valence-corrected chi connectivity index (χ2v) is 9.42. The van der Waals surface area contributed by atoms with Gasteiger partial charge in [-0.05, 0) is 68.4 Å². The number of hydrogen-bond acceptors (Lipinski definition) is 5. The molecule has 1 N–H and O–H groups in total. The van der Waals surface area contributed by atoms with Crippen LogP contribution in [-0.4, -0.2) is 34.6 Å². The molecule has 0 aromatic heterocycles. The Morgan fingerprint density at radius 2 is 1.70 bits per heavy atom. The van der Waals surface area contributed by atoms with Crippen molar-refractivity contribution in [3.8, 4) is 11.5 Å². The summed E-state index contributed by atoms with van der Waals surface area (Å²) in [6, 6.07) is 17.8. The maximum Gasteiger partial charge on any atom is 0.264 e. The number of nitrogens with zero attached hydrogens (tertiary/aromatic N) is 1. The largest absolute Gasteiger partial charge is 0.495 e. The van der Waals surface area contributed by atoms with Gasteiger partial charge in [0.15, 0.2) is 0 Å². The van der Waals surface area contributed by atoms with Crippen LogP contribution in [0.4, 0.5) is 11.4 Å². The normalized spacial score (nSPS) is 11.0. The molecule has 3 aromatic carbocycles. The molecule has 0 fully saturated rings. The summed E-state index contributed by atoms with van der Waals surface area (Å²) in [5.74, 6) is 0.556. The van der Waals surface area contributed by atoms with Crippen LogP contribution in [0.25, 0.3) is 0 Å². The van der Waals surface area contributed by atoms with Crippen molar-refractivity contribution < 1.29 is 22.7 Å². The van der Waals surface area contributed by atoms with Crippen LogP contribution < -0.4 is 19.1 Å². The maximum absolute atomic E-state index is 13.5. The molecule has 0 saturated carbocycles. The summed E-state index contributed by atoms with van der Waals surface area (Å²) in [6.07, 6.45) is 0. The Kier molecular flexibility index (Phi) is 7.84. The molecule has 0 heterocycles. The molecule has 0 aliphatic heterocycles. The van der Waals surface area contributed by atoms with Crippen LogP contribution in [0.3, 0.4) is 0 Å². The molecule has 33 heavy (non-hydrogen) atoms. The predicted octanol–water partition coefficient (Wildman–Crippen LogP) is 4.89. The molecular formula is C24H25ClN2O5S. The highest BCUT2D eigenvalue weighted by Gasteiger charge is 2.28. The van der Waals surface area contributed by atoms with Crippen molar-refractivity contribution in [3.05, 3.63) is 77.3 Å². The molecule has 0 unspecified atom stereocenters. The van der Waals surface area contributed by atoms with Gasteiger partial charge in [0.05, 0.1) is 29.3 Å². The number of amides is 1. The summed E-state index contributed by atoms with van der Waals surface area (Å²) < 4.78 is 38.5. The van der Waals surface area contributed by atoms with Gasteiger partial charge in [-0.1, -0.05) is 29.3 Å². The van der Waals surface area contributed by atoms with E-state index in [1.54, 1.807) is 48.5 Å². The number of methoxy groups -OCH3 is 1. The molecule has 1 amide bonds. The fourth-order valence-electron chi connectivity index (χ4n) is 3.10. The van der Waals surface area contributed by atoms with Crippen molar-refractivity contribution in [2.24, 2.45) is 0 Å². The Bertz CT molecular complexity index is 1210. The maximum atomic E-state index is 13.5. The molecule has 0 radical (unpaired) electrons. The molecule has 0 atom stereocenters. The van der Waals surface area contributed by atoms with E-state index in [2.05, 4.69) is 5.32 Å². The van der Waals surface area contributed by atoms with E-state index in [1.165, 1.54) is 25.3 Å². The fourth-order valence-corrected chi connectivity index (χ4v) is 4.76. The number of carbonyl (C=O) groups excluding carboxylic acids is 1. The summed E-state index contributed by atoms with van der Waals surface area (Å²) in [4.78, 5) is 12.9. The van der Waals surface area contributed by atoms with E-state index >= 15 is 0 Å². The Balaban J connectivity index is 1.92. The molecule has 0 bridgehead atoms. The van der Waals surface area contributed by atoms with Gasteiger partial charge in [-0.2, -0.15) is 0 Å². The minimum atomic E-state index is -4.06. The number of anilines is 2. The Morgan fingerprint density at radius 3 is 2.27 bits per heavy atom. The first-order chi connectivity index (χ1) is 15.7. The van der Waals surface area contributed by atoms with E-state index < -0.39 is 22.5 Å². The second kappa shape index (κ2) is 10.6. The van der Waals surface area contributed by atoms with E-state index in [1.807, 2.05) is 13.8 Å². The lowest BCUT2D eigenvalue weighted by molar-refractivity contribution is -0.114. The van der Waals surface area contributed by atoms with Crippen LogP contribution in [0.2, 0.25) is 5.02 Å². The third-order valence-electron chi connectivity index (χ3n) is 4.77.